The molecule has 11 heteroatoms. The first-order chi connectivity index (χ1) is 17.1. The Labute approximate surface area is 204 Å². The molecule has 3 heterocycles. The quantitative estimate of drug-likeness (QED) is 0.246. The standard InChI is InChI=1S/C22H41N3O6P2/c1-16(2)25(17(3)4)32(29-14-11-23-6)30-21-10-13-28-22(21)19-8-7-15-33(26,24-19)31-20-9-12-27-18(20)5/h16-22H,7-15H2,1-5H3,(H,24,26)/t18-,19-,20+,21+,22-,32?,33+/m1/s1/i5D,12T,13T/t12-,13-,18-,19-,20+,21+,22-,32?,33+. The first kappa shape index (κ1) is 23.3. The van der Waals surface area contributed by atoms with Crippen molar-refractivity contribution in [1.82, 2.24) is 9.76 Å². The minimum absolute atomic E-state index is 0.0507. The summed E-state index contributed by atoms with van der Waals surface area (Å²) in [6.07, 6.45) is 0.296. The third-order valence-electron chi connectivity index (χ3n) is 5.87. The molecule has 0 amide bonds. The van der Waals surface area contributed by atoms with E-state index >= 15 is 0 Å². The van der Waals surface area contributed by atoms with E-state index in [4.69, 9.17) is 33.7 Å². The van der Waals surface area contributed by atoms with Gasteiger partial charge in [0.25, 0.3) is 16.0 Å². The minimum atomic E-state index is -3.26. The Kier molecular flexibility index (Phi) is 8.97. The topological polar surface area (TPSA) is 82.9 Å². The lowest BCUT2D eigenvalue weighted by molar-refractivity contribution is 0.0172. The summed E-state index contributed by atoms with van der Waals surface area (Å²) in [6, 6.07) is -0.0322. The second-order valence-electron chi connectivity index (χ2n) is 9.16. The van der Waals surface area contributed by atoms with E-state index in [-0.39, 0.29) is 44.6 Å². The number of nitrogens with one attached hydrogen (secondary N) is 1. The van der Waals surface area contributed by atoms with Gasteiger partial charge in [-0.25, -0.2) is 16.3 Å². The molecule has 9 nitrogen and oxygen atoms in total. The molecule has 3 aliphatic heterocycles. The second kappa shape index (κ2) is 12.7. The normalized spacial score (nSPS) is 41.8. The maximum atomic E-state index is 13.7. The molecule has 3 saturated heterocycles. The van der Waals surface area contributed by atoms with Crippen LogP contribution in [0.3, 0.4) is 0 Å². The molecule has 1 unspecified atom stereocenters. The molecule has 0 bridgehead atoms. The lowest BCUT2D eigenvalue weighted by Crippen LogP contribution is -2.47. The average Bonchev–Trinajstić information content (AvgIpc) is 3.33. The third-order valence-corrected chi connectivity index (χ3v) is 10.3. The summed E-state index contributed by atoms with van der Waals surface area (Å²) in [5, 5.41) is 3.19. The summed E-state index contributed by atoms with van der Waals surface area (Å²) in [7, 11) is -4.76. The number of ether oxygens (including phenoxy) is 2. The highest BCUT2D eigenvalue weighted by Gasteiger charge is 2.45. The zero-order chi connectivity index (χ0) is 26.5. The summed E-state index contributed by atoms with van der Waals surface area (Å²) in [4.78, 5) is 3.38. The van der Waals surface area contributed by atoms with Crippen LogP contribution in [0, 0.1) is 6.57 Å². The van der Waals surface area contributed by atoms with Gasteiger partial charge in [0.15, 0.2) is 0 Å². The summed E-state index contributed by atoms with van der Waals surface area (Å²) in [5.74, 6) is 0. The lowest BCUT2D eigenvalue weighted by Gasteiger charge is -2.39. The van der Waals surface area contributed by atoms with Gasteiger partial charge in [-0.1, -0.05) is 0 Å². The largest absolute Gasteiger partial charge is 0.376 e. The van der Waals surface area contributed by atoms with E-state index in [0.717, 1.165) is 0 Å². The molecular weight excluding hydrogens is 464 g/mol. The van der Waals surface area contributed by atoms with Crippen LogP contribution in [0.4, 0.5) is 0 Å². The number of rotatable bonds is 11. The molecule has 0 aliphatic carbocycles. The van der Waals surface area contributed by atoms with Gasteiger partial charge < -0.3 is 27.9 Å². The van der Waals surface area contributed by atoms with Crippen molar-refractivity contribution in [1.29, 1.82) is 0 Å². The van der Waals surface area contributed by atoms with Crippen LogP contribution in [0.25, 0.3) is 4.85 Å². The zero-order valence-corrected chi connectivity index (χ0v) is 21.9. The van der Waals surface area contributed by atoms with Gasteiger partial charge in [0.05, 0.1) is 27.2 Å². The molecule has 3 rings (SSSR count). The van der Waals surface area contributed by atoms with Crippen molar-refractivity contribution < 1.29 is 31.7 Å². The van der Waals surface area contributed by atoms with Gasteiger partial charge >= 0.3 is 0 Å². The van der Waals surface area contributed by atoms with Crippen molar-refractivity contribution in [3.05, 3.63) is 11.4 Å². The first-order valence-corrected chi connectivity index (χ1v) is 14.7. The van der Waals surface area contributed by atoms with Crippen LogP contribution >= 0.6 is 16.0 Å². The fourth-order valence-corrected chi connectivity index (χ4v) is 8.48. The van der Waals surface area contributed by atoms with Gasteiger partial charge in [-0.05, 0) is 53.9 Å². The van der Waals surface area contributed by atoms with Crippen LogP contribution in [0.1, 0.15) is 64.4 Å². The predicted octanol–water partition coefficient (Wildman–Crippen LogP) is 4.58. The highest BCUT2D eigenvalue weighted by atomic mass is 31.2. The van der Waals surface area contributed by atoms with Crippen molar-refractivity contribution in [2.24, 2.45) is 0 Å². The van der Waals surface area contributed by atoms with Crippen LogP contribution < -0.4 is 5.09 Å². The Hall–Kier alpha value is -0.130. The monoisotopic (exact) mass is 510 g/mol. The smallest absolute Gasteiger partial charge is 0.270 e. The molecule has 0 aromatic heterocycles. The summed E-state index contributed by atoms with van der Waals surface area (Å²) >= 11 is 0. The Morgan fingerprint density at radius 2 is 2.00 bits per heavy atom. The van der Waals surface area contributed by atoms with Crippen molar-refractivity contribution >= 4 is 16.0 Å². The van der Waals surface area contributed by atoms with Gasteiger partial charge in [0.2, 0.25) is 6.54 Å². The van der Waals surface area contributed by atoms with Gasteiger partial charge in [-0.3, -0.25) is 4.57 Å². The van der Waals surface area contributed by atoms with Crippen molar-refractivity contribution in [2.75, 3.05) is 32.5 Å². The maximum Gasteiger partial charge on any atom is 0.270 e. The zero-order valence-electron chi connectivity index (χ0n) is 23.1. The average molecular weight is 511 g/mol. The Morgan fingerprint density at radius 1 is 1.27 bits per heavy atom. The van der Waals surface area contributed by atoms with Crippen LogP contribution in [-0.4, -0.2) is 79.7 Å². The summed E-state index contributed by atoms with van der Waals surface area (Å²) in [5.41, 5.74) is 0. The predicted molar refractivity (Wildman–Crippen MR) is 129 cm³/mol. The molecule has 9 atom stereocenters. The lowest BCUT2D eigenvalue weighted by atomic mass is 10.0. The Balaban J connectivity index is 1.72. The molecule has 1 N–H and O–H groups in total. The fourth-order valence-electron chi connectivity index (χ4n) is 4.41. The Bertz CT molecular complexity index is 787. The van der Waals surface area contributed by atoms with Crippen molar-refractivity contribution in [3.8, 4) is 0 Å². The van der Waals surface area contributed by atoms with E-state index in [1.54, 1.807) is 0 Å². The van der Waals surface area contributed by atoms with E-state index in [2.05, 4.69) is 42.3 Å². The molecule has 190 valence electrons. The van der Waals surface area contributed by atoms with E-state index in [1.807, 2.05) is 0 Å². The maximum absolute atomic E-state index is 13.7. The van der Waals surface area contributed by atoms with Gasteiger partial charge in [0.1, 0.15) is 6.61 Å². The van der Waals surface area contributed by atoms with Crippen molar-refractivity contribution in [2.45, 2.75) is 103 Å². The summed E-state index contributed by atoms with van der Waals surface area (Å²) < 4.78 is 69.5. The van der Waals surface area contributed by atoms with E-state index in [1.165, 1.54) is 0 Å². The van der Waals surface area contributed by atoms with Crippen LogP contribution in [-0.2, 0) is 27.6 Å². The molecule has 0 radical (unpaired) electrons. The third kappa shape index (κ3) is 7.43. The van der Waals surface area contributed by atoms with Crippen LogP contribution in [0.2, 0.25) is 0 Å². The van der Waals surface area contributed by atoms with Gasteiger partial charge in [-0.15, -0.1) is 0 Å². The molecule has 0 aromatic rings. The first-order valence-electron chi connectivity index (χ1n) is 13.6. The van der Waals surface area contributed by atoms with Gasteiger partial charge in [-0.2, -0.15) is 0 Å². The molecule has 0 aromatic carbocycles. The molecular formula is C22H41N3O6P2. The Morgan fingerprint density at radius 3 is 2.70 bits per heavy atom. The molecule has 0 spiro atoms. The van der Waals surface area contributed by atoms with E-state index in [0.29, 0.717) is 25.4 Å². The highest BCUT2D eigenvalue weighted by Crippen LogP contribution is 2.52. The van der Waals surface area contributed by atoms with Crippen LogP contribution in [0.15, 0.2) is 0 Å². The number of hydrogen-bond donors (Lipinski definition) is 1. The summed E-state index contributed by atoms with van der Waals surface area (Å²) in [6.45, 7) is 14.3. The second-order valence-corrected chi connectivity index (χ2v) is 12.8. The van der Waals surface area contributed by atoms with E-state index < -0.39 is 53.6 Å². The minimum Gasteiger partial charge on any atom is -0.376 e. The molecule has 0 saturated carbocycles. The van der Waals surface area contributed by atoms with Gasteiger partial charge in [0, 0.05) is 45.2 Å². The SMILES string of the molecule is [2H]C[C@H]1O[C@H]([3H])C[C@@H]1O[P@@]1(=O)CCC[C@H]([C@H]2O[C@H]([3H])C[C@@H]2OP(OCC[N+]#[C-])N(C(C)C)C(C)C)N1. The fraction of sp³-hybridized carbons (Fsp3) is 0.955. The highest BCUT2D eigenvalue weighted by molar-refractivity contribution is 7.57. The van der Waals surface area contributed by atoms with E-state index in [9.17, 15) is 4.57 Å². The molecule has 3 aliphatic rings. The molecule has 3 fully saturated rings. The molecule has 33 heavy (non-hydrogen) atoms. The van der Waals surface area contributed by atoms with Crippen molar-refractivity contribution in [3.63, 3.8) is 0 Å². The number of hydrogen-bond acceptors (Lipinski definition) is 7. The van der Waals surface area contributed by atoms with Crippen LogP contribution in [0.5, 0.6) is 0 Å². The number of nitrogens with zero attached hydrogens (tertiary/aromatic N) is 2.